The highest BCUT2D eigenvalue weighted by atomic mass is 16.5. The topological polar surface area (TPSA) is 91.6 Å². The van der Waals surface area contributed by atoms with E-state index < -0.39 is 0 Å². The number of aliphatic hydroxyl groups excluding tert-OH is 1. The number of carbonyl (C=O) groups excluding carboxylic acids is 1. The van der Waals surface area contributed by atoms with Crippen molar-refractivity contribution < 1.29 is 19.4 Å². The van der Waals surface area contributed by atoms with Crippen molar-refractivity contribution in [2.75, 3.05) is 26.9 Å². The number of hydrogen-bond acceptors (Lipinski definition) is 5. The van der Waals surface area contributed by atoms with Gasteiger partial charge in [0.1, 0.15) is 0 Å². The standard InChI is InChI=1S/C12H14N2O4/c1-17-11-6-9(7-13)2-3-10(11)18-8-12(16)14-4-5-15/h2-3,6,15H,4-5,8H2,1H3,(H,14,16). The predicted octanol–water partition coefficient (Wildman–Crippen LogP) is 0.0542. The molecule has 0 aliphatic rings. The minimum atomic E-state index is -0.338. The van der Waals surface area contributed by atoms with Crippen molar-refractivity contribution in [1.82, 2.24) is 5.32 Å². The Balaban J connectivity index is 2.62. The Bertz CT molecular complexity index is 454. The minimum absolute atomic E-state index is 0.119. The molecule has 1 aromatic carbocycles. The number of rotatable bonds is 6. The molecule has 0 fully saturated rings. The lowest BCUT2D eigenvalue weighted by Crippen LogP contribution is -2.31. The van der Waals surface area contributed by atoms with E-state index >= 15 is 0 Å². The summed E-state index contributed by atoms with van der Waals surface area (Å²) in [6.45, 7) is -0.110. The van der Waals surface area contributed by atoms with Gasteiger partial charge in [0.25, 0.3) is 5.91 Å². The van der Waals surface area contributed by atoms with Crippen molar-refractivity contribution in [3.05, 3.63) is 23.8 Å². The van der Waals surface area contributed by atoms with Crippen LogP contribution >= 0.6 is 0 Å². The van der Waals surface area contributed by atoms with Crippen LogP contribution in [0.15, 0.2) is 18.2 Å². The molecule has 1 rings (SSSR count). The first kappa shape index (κ1) is 13.8. The Morgan fingerprint density at radius 1 is 1.50 bits per heavy atom. The average molecular weight is 250 g/mol. The number of amides is 1. The monoisotopic (exact) mass is 250 g/mol. The third kappa shape index (κ3) is 3.96. The summed E-state index contributed by atoms with van der Waals surface area (Å²) in [6, 6.07) is 6.65. The second kappa shape index (κ2) is 7.14. The van der Waals surface area contributed by atoms with Crippen LogP contribution in [0.1, 0.15) is 5.56 Å². The maximum Gasteiger partial charge on any atom is 0.258 e. The van der Waals surface area contributed by atoms with Gasteiger partial charge >= 0.3 is 0 Å². The van der Waals surface area contributed by atoms with Crippen LogP contribution in [0.5, 0.6) is 11.5 Å². The van der Waals surface area contributed by atoms with Crippen molar-refractivity contribution >= 4 is 5.91 Å². The van der Waals surface area contributed by atoms with Crippen LogP contribution in [0.2, 0.25) is 0 Å². The smallest absolute Gasteiger partial charge is 0.258 e. The molecule has 6 nitrogen and oxygen atoms in total. The summed E-state index contributed by atoms with van der Waals surface area (Å²) < 4.78 is 10.3. The molecule has 0 aromatic heterocycles. The van der Waals surface area contributed by atoms with Gasteiger partial charge in [-0.1, -0.05) is 0 Å². The average Bonchev–Trinajstić information content (AvgIpc) is 2.42. The van der Waals surface area contributed by atoms with E-state index in [1.807, 2.05) is 6.07 Å². The maximum atomic E-state index is 11.3. The normalized spacial score (nSPS) is 9.39. The van der Waals surface area contributed by atoms with Crippen LogP contribution in [-0.4, -0.2) is 37.9 Å². The Kier molecular flexibility index (Phi) is 5.48. The highest BCUT2D eigenvalue weighted by Crippen LogP contribution is 2.27. The minimum Gasteiger partial charge on any atom is -0.493 e. The van der Waals surface area contributed by atoms with Gasteiger partial charge in [-0.25, -0.2) is 0 Å². The summed E-state index contributed by atoms with van der Waals surface area (Å²) in [5.41, 5.74) is 0.448. The number of nitrogens with one attached hydrogen (secondary N) is 1. The molecular weight excluding hydrogens is 236 g/mol. The number of ether oxygens (including phenoxy) is 2. The molecular formula is C12H14N2O4. The molecule has 0 radical (unpaired) electrons. The molecule has 18 heavy (non-hydrogen) atoms. The second-order valence-corrected chi connectivity index (χ2v) is 3.34. The first-order valence-electron chi connectivity index (χ1n) is 5.29. The first-order valence-corrected chi connectivity index (χ1v) is 5.29. The third-order valence-electron chi connectivity index (χ3n) is 2.09. The van der Waals surface area contributed by atoms with Crippen LogP contribution in [0, 0.1) is 11.3 Å². The number of carbonyl (C=O) groups is 1. The Hall–Kier alpha value is -2.26. The van der Waals surface area contributed by atoms with Gasteiger partial charge in [0.15, 0.2) is 18.1 Å². The fraction of sp³-hybridized carbons (Fsp3) is 0.333. The van der Waals surface area contributed by atoms with Crippen LogP contribution in [0.3, 0.4) is 0 Å². The first-order chi connectivity index (χ1) is 8.71. The third-order valence-corrected chi connectivity index (χ3v) is 2.09. The van der Waals surface area contributed by atoms with Crippen LogP contribution in [0.25, 0.3) is 0 Å². The highest BCUT2D eigenvalue weighted by molar-refractivity contribution is 5.77. The van der Waals surface area contributed by atoms with Gasteiger partial charge < -0.3 is 19.9 Å². The Morgan fingerprint density at radius 3 is 2.89 bits per heavy atom. The van der Waals surface area contributed by atoms with E-state index in [1.165, 1.54) is 13.2 Å². The summed E-state index contributed by atoms with van der Waals surface area (Å²) in [4.78, 5) is 11.3. The van der Waals surface area contributed by atoms with Crippen LogP contribution < -0.4 is 14.8 Å². The van der Waals surface area contributed by atoms with Crippen molar-refractivity contribution in [2.24, 2.45) is 0 Å². The lowest BCUT2D eigenvalue weighted by atomic mass is 10.2. The van der Waals surface area contributed by atoms with Crippen molar-refractivity contribution in [3.8, 4) is 17.6 Å². The number of methoxy groups -OCH3 is 1. The fourth-order valence-corrected chi connectivity index (χ4v) is 1.25. The zero-order valence-electron chi connectivity index (χ0n) is 9.97. The van der Waals surface area contributed by atoms with Crippen molar-refractivity contribution in [3.63, 3.8) is 0 Å². The highest BCUT2D eigenvalue weighted by Gasteiger charge is 2.08. The van der Waals surface area contributed by atoms with Crippen LogP contribution in [-0.2, 0) is 4.79 Å². The summed E-state index contributed by atoms with van der Waals surface area (Å²) in [6.07, 6.45) is 0. The number of nitriles is 1. The summed E-state index contributed by atoms with van der Waals surface area (Å²) in [7, 11) is 1.45. The largest absolute Gasteiger partial charge is 0.493 e. The maximum absolute atomic E-state index is 11.3. The molecule has 0 atom stereocenters. The van der Waals surface area contributed by atoms with Gasteiger partial charge in [0.05, 0.1) is 25.3 Å². The molecule has 2 N–H and O–H groups in total. The van der Waals surface area contributed by atoms with Gasteiger partial charge in [-0.15, -0.1) is 0 Å². The summed E-state index contributed by atoms with van der Waals surface area (Å²) in [5, 5.41) is 19.7. The van der Waals surface area contributed by atoms with E-state index in [0.717, 1.165) is 0 Å². The lowest BCUT2D eigenvalue weighted by molar-refractivity contribution is -0.123. The lowest BCUT2D eigenvalue weighted by Gasteiger charge is -2.10. The van der Waals surface area contributed by atoms with Crippen molar-refractivity contribution in [2.45, 2.75) is 0 Å². The molecule has 0 aliphatic heterocycles. The van der Waals surface area contributed by atoms with E-state index in [0.29, 0.717) is 17.1 Å². The molecule has 0 spiro atoms. The predicted molar refractivity (Wildman–Crippen MR) is 63.3 cm³/mol. The van der Waals surface area contributed by atoms with Gasteiger partial charge in [0.2, 0.25) is 0 Å². The quantitative estimate of drug-likeness (QED) is 0.744. The van der Waals surface area contributed by atoms with Crippen molar-refractivity contribution in [1.29, 1.82) is 5.26 Å². The Labute approximate surface area is 105 Å². The van der Waals surface area contributed by atoms with Crippen LogP contribution in [0.4, 0.5) is 0 Å². The van der Waals surface area contributed by atoms with Gasteiger partial charge in [-0.05, 0) is 12.1 Å². The van der Waals surface area contributed by atoms with Gasteiger partial charge in [-0.3, -0.25) is 4.79 Å². The van der Waals surface area contributed by atoms with E-state index in [1.54, 1.807) is 12.1 Å². The zero-order valence-corrected chi connectivity index (χ0v) is 9.97. The second-order valence-electron chi connectivity index (χ2n) is 3.34. The molecule has 0 heterocycles. The number of aliphatic hydroxyl groups is 1. The Morgan fingerprint density at radius 2 is 2.28 bits per heavy atom. The number of nitrogens with zero attached hydrogens (tertiary/aromatic N) is 1. The van der Waals surface area contributed by atoms with E-state index in [9.17, 15) is 4.79 Å². The van der Waals surface area contributed by atoms with E-state index in [2.05, 4.69) is 5.32 Å². The SMILES string of the molecule is COc1cc(C#N)ccc1OCC(=O)NCCO. The van der Waals surface area contributed by atoms with Gasteiger partial charge in [-0.2, -0.15) is 5.26 Å². The van der Waals surface area contributed by atoms with Gasteiger partial charge in [0, 0.05) is 12.6 Å². The molecule has 1 amide bonds. The number of hydrogen-bond donors (Lipinski definition) is 2. The molecule has 0 saturated heterocycles. The van der Waals surface area contributed by atoms with E-state index in [4.69, 9.17) is 19.8 Å². The molecule has 6 heteroatoms. The molecule has 0 aliphatic carbocycles. The molecule has 0 saturated carbocycles. The summed E-state index contributed by atoms with van der Waals surface area (Å²) >= 11 is 0. The molecule has 1 aromatic rings. The molecule has 0 unspecified atom stereocenters. The zero-order chi connectivity index (χ0) is 13.4. The number of benzene rings is 1. The molecule has 0 bridgehead atoms. The summed E-state index contributed by atoms with van der Waals surface area (Å²) in [5.74, 6) is 0.440. The fourth-order valence-electron chi connectivity index (χ4n) is 1.25. The van der Waals surface area contributed by atoms with E-state index in [-0.39, 0.29) is 25.7 Å². The molecule has 96 valence electrons.